The molecule has 0 saturated heterocycles. The third kappa shape index (κ3) is 6.46. The minimum Gasteiger partial charge on any atom is -0.278 e. The quantitative estimate of drug-likeness (QED) is 0.107. The first-order valence-electron chi connectivity index (χ1n) is 27.3. The van der Waals surface area contributed by atoms with E-state index in [0.29, 0.717) is 22.3 Å². The maximum atomic E-state index is 11.5. The lowest BCUT2D eigenvalue weighted by atomic mass is 10.1. The van der Waals surface area contributed by atoms with Crippen LogP contribution in [0, 0.1) is 0 Å². The molecule has 14 aromatic rings. The van der Waals surface area contributed by atoms with E-state index in [-0.39, 0.29) is 29.5 Å². The summed E-state index contributed by atoms with van der Waals surface area (Å²) in [6.45, 7) is 0. The molecule has 15 rings (SSSR count). The molecule has 0 bridgehead atoms. The highest BCUT2D eigenvalue weighted by Crippen LogP contribution is 2.35. The summed E-state index contributed by atoms with van der Waals surface area (Å²) >= 11 is 0. The average Bonchev–Trinajstić information content (AvgIpc) is 4.36. The molecule has 7 heteroatoms. The van der Waals surface area contributed by atoms with Gasteiger partial charge in [-0.3, -0.25) is 9.13 Å². The number of aromatic nitrogens is 5. The fourth-order valence-electron chi connectivity index (χ4n) is 12.5. The van der Waals surface area contributed by atoms with Gasteiger partial charge in [0.25, 0.3) is 0 Å². The normalized spacial score (nSPS) is 13.4. The minimum atomic E-state index is -3.77. The number of rotatable bonds is 9. The summed E-state index contributed by atoms with van der Waals surface area (Å²) in [5.41, 5.74) is 6.06. The van der Waals surface area contributed by atoms with Crippen molar-refractivity contribution in [1.29, 1.82) is 0 Å². The highest BCUT2D eigenvalue weighted by molar-refractivity contribution is 7.23. The van der Waals surface area contributed by atoms with E-state index in [4.69, 9.17) is 15.0 Å². The van der Waals surface area contributed by atoms with Gasteiger partial charge >= 0.3 is 0 Å². The third-order valence-electron chi connectivity index (χ3n) is 15.7. The van der Waals surface area contributed by atoms with Gasteiger partial charge in [0.1, 0.15) is 0 Å². The molecule has 0 amide bonds. The summed E-state index contributed by atoms with van der Waals surface area (Å²) < 4.78 is 38.3. The Labute approximate surface area is 446 Å². The number of fused-ring (bicyclic) bond motifs is 9. The molecule has 1 aliphatic heterocycles. The van der Waals surface area contributed by atoms with Crippen LogP contribution in [-0.2, 0) is 0 Å². The van der Waals surface area contributed by atoms with Crippen LogP contribution >= 0.6 is 0 Å². The van der Waals surface area contributed by atoms with E-state index in [1.54, 1.807) is 0 Å². The molecule has 4 heterocycles. The molecule has 11 aromatic carbocycles. The molecule has 0 N–H and O–H groups in total. The summed E-state index contributed by atoms with van der Waals surface area (Å²) in [4.78, 5) is 16.8. The predicted octanol–water partition coefficient (Wildman–Crippen LogP) is 10.5. The van der Waals surface area contributed by atoms with Gasteiger partial charge in [0.15, 0.2) is 22.0 Å². The molecule has 0 atom stereocenters. The van der Waals surface area contributed by atoms with Crippen molar-refractivity contribution in [1.82, 2.24) is 24.1 Å². The Morgan fingerprint density at radius 2 is 0.671 bits per heavy atom. The second-order valence-electron chi connectivity index (χ2n) is 19.6. The fraction of sp³-hybridized carbons (Fsp3) is 0. The molecule has 1 aliphatic rings. The van der Waals surface area contributed by atoms with E-state index < -0.39 is 16.1 Å². The zero-order valence-corrected chi connectivity index (χ0v) is 43.1. The van der Waals surface area contributed by atoms with E-state index >= 15 is 0 Å². The van der Waals surface area contributed by atoms with Gasteiger partial charge in [-0.15, -0.1) is 0 Å². The number of hydrogen-bond donors (Lipinski definition) is 0. The lowest BCUT2D eigenvalue weighted by Gasteiger charge is -2.37. The van der Waals surface area contributed by atoms with E-state index in [9.17, 15) is 4.11 Å². The van der Waals surface area contributed by atoms with Gasteiger partial charge in [0.05, 0.1) is 26.2 Å². The zero-order valence-electron chi connectivity index (χ0n) is 44.1. The highest BCUT2D eigenvalue weighted by Gasteiger charge is 2.50. The molecule has 5 nitrogen and oxygen atoms in total. The van der Waals surface area contributed by atoms with E-state index in [1.807, 2.05) is 48.5 Å². The summed E-state index contributed by atoms with van der Waals surface area (Å²) in [6, 6.07) is 93.0. The SMILES string of the molecule is [2H]c1c(-c2nc(-n3c4ccccc4c4ccccc43)nc(-n3c4ccccc4c4ccccc43)n2)c([2H])c([Si]2(c3ccccc3)c3ccccc3-c3ccccc32)c([2H])c1[Si](c1ccccc1)(c1ccccc1)c1ccccc1. The molecule has 0 aliphatic carbocycles. The topological polar surface area (TPSA) is 48.5 Å². The van der Waals surface area contributed by atoms with Crippen LogP contribution in [0.1, 0.15) is 4.11 Å². The number of benzene rings is 11. The maximum absolute atomic E-state index is 11.5. The first-order chi connectivity index (χ1) is 39.0. The van der Waals surface area contributed by atoms with Gasteiger partial charge in [-0.25, -0.2) is 0 Å². The Kier molecular flexibility index (Phi) is 9.45. The average molecular weight is 1010 g/mol. The Balaban J connectivity index is 1.18. The molecule has 76 heavy (non-hydrogen) atoms. The molecular formula is C69H47N5Si2. The van der Waals surface area contributed by atoms with Crippen LogP contribution in [0.3, 0.4) is 0 Å². The summed E-state index contributed by atoms with van der Waals surface area (Å²) in [6.07, 6.45) is 0. The lowest BCUT2D eigenvalue weighted by molar-refractivity contribution is 0.893. The molecular weight excluding hydrogens is 955 g/mol. The number of hydrogen-bond acceptors (Lipinski definition) is 3. The van der Waals surface area contributed by atoms with Crippen LogP contribution < -0.4 is 41.5 Å². The van der Waals surface area contributed by atoms with Gasteiger partial charge in [0.2, 0.25) is 11.9 Å². The van der Waals surface area contributed by atoms with Gasteiger partial charge in [0, 0.05) is 27.1 Å². The fourth-order valence-corrected chi connectivity index (χ4v) is 22.2. The van der Waals surface area contributed by atoms with Gasteiger partial charge in [-0.05, 0) is 76.9 Å². The first kappa shape index (κ1) is 40.9. The number of nitrogens with zero attached hydrogens (tertiary/aromatic N) is 5. The standard InChI is InChI=1S/C69H47N5Si2/c1-5-25-49(26-6-1)75(50-27-7-2-8-28-50,51-29-9-3-10-30-51)53-45-48(46-54(47-53)76(52-31-11-4-12-32-52)65-43-23-17-37-59(65)60-38-18-24-44-66(60)76)67-70-68(73-61-39-19-13-33-55(61)56-34-14-20-40-62(56)73)72-69(71-67)74-63-41-21-15-35-57(63)58-36-16-22-42-64(58)74/h1-47H/i45D,46D,47D. The lowest BCUT2D eigenvalue weighted by Crippen LogP contribution is -2.77. The van der Waals surface area contributed by atoms with Crippen molar-refractivity contribution in [3.63, 3.8) is 0 Å². The van der Waals surface area contributed by atoms with Crippen LogP contribution in [0.25, 0.3) is 78.0 Å². The Bertz CT molecular complexity index is 4250. The van der Waals surface area contributed by atoms with Crippen LogP contribution in [0.15, 0.2) is 285 Å². The van der Waals surface area contributed by atoms with Crippen molar-refractivity contribution in [2.24, 2.45) is 0 Å². The third-order valence-corrected chi connectivity index (χ3v) is 25.0. The summed E-state index contributed by atoms with van der Waals surface area (Å²) in [7, 11) is -7.48. The van der Waals surface area contributed by atoms with Gasteiger partial charge in [-0.1, -0.05) is 261 Å². The van der Waals surface area contributed by atoms with Crippen molar-refractivity contribution < 1.29 is 4.11 Å². The first-order valence-corrected chi connectivity index (χ1v) is 29.8. The molecule has 356 valence electrons. The van der Waals surface area contributed by atoms with E-state index in [0.717, 1.165) is 85.9 Å². The maximum Gasteiger partial charge on any atom is 0.240 e. The van der Waals surface area contributed by atoms with Crippen LogP contribution in [0.2, 0.25) is 0 Å². The second kappa shape index (κ2) is 17.6. The highest BCUT2D eigenvalue weighted by atomic mass is 28.3. The van der Waals surface area contributed by atoms with Crippen molar-refractivity contribution in [2.45, 2.75) is 0 Å². The van der Waals surface area contributed by atoms with Crippen molar-refractivity contribution in [3.05, 3.63) is 285 Å². The van der Waals surface area contributed by atoms with Crippen molar-refractivity contribution in [2.75, 3.05) is 0 Å². The van der Waals surface area contributed by atoms with Gasteiger partial charge < -0.3 is 0 Å². The van der Waals surface area contributed by atoms with Gasteiger partial charge in [-0.2, -0.15) is 15.0 Å². The molecule has 0 radical (unpaired) electrons. The van der Waals surface area contributed by atoms with E-state index in [2.05, 4.69) is 228 Å². The minimum absolute atomic E-state index is 0.0475. The predicted molar refractivity (Wildman–Crippen MR) is 320 cm³/mol. The Morgan fingerprint density at radius 3 is 1.09 bits per heavy atom. The van der Waals surface area contributed by atoms with Crippen molar-refractivity contribution >= 4 is 101 Å². The second-order valence-corrected chi connectivity index (χ2v) is 26.9. The molecule has 0 saturated carbocycles. The Hall–Kier alpha value is -9.54. The largest absolute Gasteiger partial charge is 0.278 e. The molecule has 0 spiro atoms. The Morgan fingerprint density at radius 1 is 0.316 bits per heavy atom. The number of para-hydroxylation sites is 4. The molecule has 0 fully saturated rings. The summed E-state index contributed by atoms with van der Waals surface area (Å²) in [5, 5.41) is 11.6. The van der Waals surface area contributed by atoms with Crippen molar-refractivity contribution in [3.8, 4) is 34.4 Å². The summed E-state index contributed by atoms with van der Waals surface area (Å²) in [5.74, 6) is 0.871. The van der Waals surface area contributed by atoms with Crippen LogP contribution in [0.5, 0.6) is 0 Å². The zero-order chi connectivity index (χ0) is 52.8. The smallest absolute Gasteiger partial charge is 0.240 e. The monoisotopic (exact) mass is 1000 g/mol. The molecule has 3 aromatic heterocycles. The van der Waals surface area contributed by atoms with Crippen LogP contribution in [0.4, 0.5) is 0 Å². The van der Waals surface area contributed by atoms with E-state index in [1.165, 1.54) is 0 Å². The van der Waals surface area contributed by atoms with Crippen LogP contribution in [-0.4, -0.2) is 40.2 Å². The molecule has 0 unspecified atom stereocenters.